The monoisotopic (exact) mass is 402 g/mol. The number of ether oxygens (including phenoxy) is 1. The first-order chi connectivity index (χ1) is 13.3. The van der Waals surface area contributed by atoms with Gasteiger partial charge in [-0.15, -0.1) is 0 Å². The second-order valence-corrected chi connectivity index (χ2v) is 7.23. The molecule has 0 aromatic heterocycles. The minimum atomic E-state index is -0.573. The Bertz CT molecular complexity index is 801. The van der Waals surface area contributed by atoms with E-state index in [2.05, 4.69) is 5.32 Å². The molecule has 0 spiro atoms. The minimum absolute atomic E-state index is 0.135. The Hall–Kier alpha value is -2.53. The van der Waals surface area contributed by atoms with E-state index in [9.17, 15) is 9.59 Å². The van der Waals surface area contributed by atoms with E-state index in [1.54, 1.807) is 24.1 Å². The average molecular weight is 403 g/mol. The zero-order valence-electron chi connectivity index (χ0n) is 16.8. The van der Waals surface area contributed by atoms with Gasteiger partial charge in [0.2, 0.25) is 5.91 Å². The topological polar surface area (TPSA) is 58.6 Å². The highest BCUT2D eigenvalue weighted by atomic mass is 35.5. The van der Waals surface area contributed by atoms with E-state index in [0.717, 1.165) is 16.7 Å². The molecule has 1 N–H and O–H groups in total. The smallest absolute Gasteiger partial charge is 0.261 e. The molecule has 6 heteroatoms. The van der Waals surface area contributed by atoms with Gasteiger partial charge in [0.25, 0.3) is 5.91 Å². The number of rotatable bonds is 8. The standard InChI is InChI=1S/C22H27ClN2O3/c1-5-20(22(27)24-4)25(13-17-6-8-18(23)9-7-17)21(26)14-28-19-11-15(2)10-16(3)12-19/h6-12,20H,5,13-14H2,1-4H3,(H,24,27)/t20-/m0/s1. The van der Waals surface area contributed by atoms with E-state index in [1.807, 2.05) is 51.1 Å². The normalized spacial score (nSPS) is 11.6. The first kappa shape index (κ1) is 21.8. The van der Waals surface area contributed by atoms with Crippen molar-refractivity contribution in [1.82, 2.24) is 10.2 Å². The molecule has 28 heavy (non-hydrogen) atoms. The van der Waals surface area contributed by atoms with Gasteiger partial charge in [-0.25, -0.2) is 0 Å². The Morgan fingerprint density at radius 3 is 2.25 bits per heavy atom. The maximum absolute atomic E-state index is 13.0. The molecule has 0 unspecified atom stereocenters. The molecule has 2 amide bonds. The van der Waals surface area contributed by atoms with Crippen LogP contribution < -0.4 is 10.1 Å². The Morgan fingerprint density at radius 1 is 1.11 bits per heavy atom. The SMILES string of the molecule is CC[C@@H](C(=O)NC)N(Cc1ccc(Cl)cc1)C(=O)COc1cc(C)cc(C)c1. The summed E-state index contributed by atoms with van der Waals surface area (Å²) in [6.07, 6.45) is 0.503. The van der Waals surface area contributed by atoms with E-state index < -0.39 is 6.04 Å². The fraction of sp³-hybridized carbons (Fsp3) is 0.364. The molecule has 150 valence electrons. The van der Waals surface area contributed by atoms with Crippen LogP contribution in [0.15, 0.2) is 42.5 Å². The van der Waals surface area contributed by atoms with Crippen molar-refractivity contribution in [3.63, 3.8) is 0 Å². The van der Waals surface area contributed by atoms with Crippen LogP contribution in [0.2, 0.25) is 5.02 Å². The molecule has 0 fully saturated rings. The number of nitrogens with one attached hydrogen (secondary N) is 1. The molecule has 0 heterocycles. The van der Waals surface area contributed by atoms with Crippen LogP contribution in [0.4, 0.5) is 0 Å². The van der Waals surface area contributed by atoms with E-state index in [4.69, 9.17) is 16.3 Å². The van der Waals surface area contributed by atoms with Gasteiger partial charge in [0, 0.05) is 18.6 Å². The lowest BCUT2D eigenvalue weighted by atomic mass is 10.1. The molecule has 2 rings (SSSR count). The summed E-state index contributed by atoms with van der Waals surface area (Å²) in [7, 11) is 1.57. The van der Waals surface area contributed by atoms with Gasteiger partial charge in [-0.3, -0.25) is 9.59 Å². The quantitative estimate of drug-likeness (QED) is 0.728. The summed E-state index contributed by atoms with van der Waals surface area (Å²) in [5.41, 5.74) is 3.03. The Morgan fingerprint density at radius 2 is 1.71 bits per heavy atom. The van der Waals surface area contributed by atoms with Crippen molar-refractivity contribution < 1.29 is 14.3 Å². The molecular formula is C22H27ClN2O3. The van der Waals surface area contributed by atoms with Crippen LogP contribution in [0.3, 0.4) is 0 Å². The number of carbonyl (C=O) groups is 2. The number of halogens is 1. The molecular weight excluding hydrogens is 376 g/mol. The van der Waals surface area contributed by atoms with Crippen LogP contribution in [0.5, 0.6) is 5.75 Å². The van der Waals surface area contributed by atoms with E-state index in [1.165, 1.54) is 0 Å². The molecule has 0 aliphatic heterocycles. The molecule has 0 bridgehead atoms. The van der Waals surface area contributed by atoms with Gasteiger partial charge >= 0.3 is 0 Å². The number of nitrogens with zero attached hydrogens (tertiary/aromatic N) is 1. The van der Waals surface area contributed by atoms with Gasteiger partial charge in [0.15, 0.2) is 6.61 Å². The van der Waals surface area contributed by atoms with Gasteiger partial charge in [0.05, 0.1) is 0 Å². The summed E-state index contributed by atoms with van der Waals surface area (Å²) in [5.74, 6) is 0.200. The lowest BCUT2D eigenvalue weighted by Gasteiger charge is -2.30. The molecule has 0 saturated carbocycles. The van der Waals surface area contributed by atoms with Gasteiger partial charge in [0.1, 0.15) is 11.8 Å². The number of hydrogen-bond acceptors (Lipinski definition) is 3. The number of likely N-dealkylation sites (N-methyl/N-ethyl adjacent to an activating group) is 1. The van der Waals surface area contributed by atoms with Crippen LogP contribution >= 0.6 is 11.6 Å². The average Bonchev–Trinajstić information content (AvgIpc) is 2.66. The molecule has 0 aliphatic rings. The summed E-state index contributed by atoms with van der Waals surface area (Å²) in [5, 5.41) is 3.26. The first-order valence-corrected chi connectivity index (χ1v) is 9.68. The van der Waals surface area contributed by atoms with Crippen molar-refractivity contribution in [3.8, 4) is 5.75 Å². The van der Waals surface area contributed by atoms with Crippen molar-refractivity contribution in [3.05, 3.63) is 64.2 Å². The highest BCUT2D eigenvalue weighted by Gasteiger charge is 2.28. The van der Waals surface area contributed by atoms with E-state index >= 15 is 0 Å². The van der Waals surface area contributed by atoms with Crippen molar-refractivity contribution in [2.45, 2.75) is 39.8 Å². The summed E-state index contributed by atoms with van der Waals surface area (Å²) >= 11 is 5.95. The third-order valence-electron chi connectivity index (χ3n) is 4.46. The predicted octanol–water partition coefficient (Wildman–Crippen LogP) is 3.89. The molecule has 2 aromatic rings. The van der Waals surface area contributed by atoms with Gasteiger partial charge in [-0.1, -0.05) is 36.7 Å². The van der Waals surface area contributed by atoms with E-state index in [0.29, 0.717) is 23.7 Å². The second-order valence-electron chi connectivity index (χ2n) is 6.80. The Kier molecular flexibility index (Phi) is 7.88. The van der Waals surface area contributed by atoms with Crippen LogP contribution in [0.25, 0.3) is 0 Å². The van der Waals surface area contributed by atoms with Gasteiger partial charge in [-0.2, -0.15) is 0 Å². The molecule has 1 atom stereocenters. The van der Waals surface area contributed by atoms with Gasteiger partial charge < -0.3 is 15.0 Å². The number of aryl methyl sites for hydroxylation is 2. The molecule has 5 nitrogen and oxygen atoms in total. The summed E-state index contributed by atoms with van der Waals surface area (Å²) in [6.45, 7) is 6.01. The first-order valence-electron chi connectivity index (χ1n) is 9.30. The fourth-order valence-corrected chi connectivity index (χ4v) is 3.24. The maximum atomic E-state index is 13.0. The molecule has 0 radical (unpaired) electrons. The third kappa shape index (κ3) is 5.99. The van der Waals surface area contributed by atoms with Crippen LogP contribution in [0, 0.1) is 13.8 Å². The Balaban J connectivity index is 2.19. The van der Waals surface area contributed by atoms with E-state index in [-0.39, 0.29) is 18.4 Å². The summed E-state index contributed by atoms with van der Waals surface area (Å²) in [6, 6.07) is 12.5. The Labute approximate surface area is 171 Å². The number of amides is 2. The van der Waals surface area contributed by atoms with Gasteiger partial charge in [-0.05, 0) is 61.2 Å². The summed E-state index contributed by atoms with van der Waals surface area (Å²) < 4.78 is 5.73. The van der Waals surface area contributed by atoms with Crippen LogP contribution in [-0.2, 0) is 16.1 Å². The fourth-order valence-electron chi connectivity index (χ4n) is 3.12. The lowest BCUT2D eigenvalue weighted by molar-refractivity contribution is -0.142. The van der Waals surface area contributed by atoms with Crippen LogP contribution in [-0.4, -0.2) is 36.4 Å². The predicted molar refractivity (Wildman–Crippen MR) is 112 cm³/mol. The number of benzene rings is 2. The lowest BCUT2D eigenvalue weighted by Crippen LogP contribution is -2.49. The van der Waals surface area contributed by atoms with Crippen LogP contribution in [0.1, 0.15) is 30.0 Å². The zero-order chi connectivity index (χ0) is 20.7. The minimum Gasteiger partial charge on any atom is -0.484 e. The van der Waals surface area contributed by atoms with Crippen molar-refractivity contribution in [2.24, 2.45) is 0 Å². The molecule has 2 aromatic carbocycles. The second kappa shape index (κ2) is 10.1. The van der Waals surface area contributed by atoms with Crippen molar-refractivity contribution >= 4 is 23.4 Å². The zero-order valence-corrected chi connectivity index (χ0v) is 17.5. The molecule has 0 aliphatic carbocycles. The largest absolute Gasteiger partial charge is 0.484 e. The number of carbonyl (C=O) groups excluding carboxylic acids is 2. The molecule has 0 saturated heterocycles. The maximum Gasteiger partial charge on any atom is 0.261 e. The highest BCUT2D eigenvalue weighted by Crippen LogP contribution is 2.18. The van der Waals surface area contributed by atoms with Crippen molar-refractivity contribution in [1.29, 1.82) is 0 Å². The summed E-state index contributed by atoms with van der Waals surface area (Å²) in [4.78, 5) is 26.9. The van der Waals surface area contributed by atoms with Crippen molar-refractivity contribution in [2.75, 3.05) is 13.7 Å². The number of hydrogen-bond donors (Lipinski definition) is 1. The third-order valence-corrected chi connectivity index (χ3v) is 4.71. The highest BCUT2D eigenvalue weighted by molar-refractivity contribution is 6.30.